The zero-order valence-corrected chi connectivity index (χ0v) is 40.2. The van der Waals surface area contributed by atoms with Gasteiger partial charge in [0.05, 0.1) is 0 Å². The average Bonchev–Trinajstić information content (AvgIpc) is 3.83. The summed E-state index contributed by atoms with van der Waals surface area (Å²) >= 11 is 0. The molecule has 0 radical (unpaired) electrons. The first-order chi connectivity index (χ1) is 36.0. The number of anilines is 11. The van der Waals surface area contributed by atoms with Crippen molar-refractivity contribution in [2.45, 2.75) is 6.92 Å². The van der Waals surface area contributed by atoms with E-state index in [1.54, 1.807) is 0 Å². The van der Waals surface area contributed by atoms with Crippen LogP contribution >= 0.6 is 0 Å². The van der Waals surface area contributed by atoms with Gasteiger partial charge in [0.25, 0.3) is 0 Å². The van der Waals surface area contributed by atoms with Crippen LogP contribution in [0.1, 0.15) is 5.56 Å². The lowest BCUT2D eigenvalue weighted by Gasteiger charge is -2.26. The third-order valence-corrected chi connectivity index (χ3v) is 13.4. The summed E-state index contributed by atoms with van der Waals surface area (Å²) in [6.07, 6.45) is 14.6. The first-order valence-electron chi connectivity index (χ1n) is 24.2. The highest BCUT2D eigenvalue weighted by Gasteiger charge is 2.20. The zero-order chi connectivity index (χ0) is 49.1. The lowest BCUT2D eigenvalue weighted by molar-refractivity contribution is 0.669. The highest BCUT2D eigenvalue weighted by molar-refractivity contribution is 6.08. The predicted molar refractivity (Wildman–Crippen MR) is 299 cm³/mol. The highest BCUT2D eigenvalue weighted by atomic mass is 16.3. The van der Waals surface area contributed by atoms with E-state index in [2.05, 4.69) is 211 Å². The van der Waals surface area contributed by atoms with Crippen molar-refractivity contribution in [2.75, 3.05) is 26.6 Å². The molecule has 12 rings (SSSR count). The van der Waals surface area contributed by atoms with Crippen LogP contribution in [0, 0.1) is 6.92 Å². The minimum Gasteiger partial charge on any atom is -0.456 e. The molecule has 7 aromatic carbocycles. The van der Waals surface area contributed by atoms with Gasteiger partial charge >= 0.3 is 0 Å². The van der Waals surface area contributed by atoms with E-state index in [0.717, 1.165) is 107 Å². The van der Waals surface area contributed by atoms with Crippen molar-refractivity contribution >= 4 is 84.5 Å². The second-order valence-corrected chi connectivity index (χ2v) is 17.9. The van der Waals surface area contributed by atoms with E-state index in [0.29, 0.717) is 0 Å². The van der Waals surface area contributed by atoms with Crippen LogP contribution in [0.15, 0.2) is 260 Å². The van der Waals surface area contributed by atoms with Crippen LogP contribution in [0.3, 0.4) is 0 Å². The Morgan fingerprint density at radius 3 is 0.863 bits per heavy atom. The lowest BCUT2D eigenvalue weighted by atomic mass is 10.0. The van der Waals surface area contributed by atoms with Crippen molar-refractivity contribution < 1.29 is 4.42 Å². The molecule has 9 nitrogen and oxygen atoms in total. The molecule has 0 bridgehead atoms. The summed E-state index contributed by atoms with van der Waals surface area (Å²) in [5.74, 6) is 0. The molecule has 0 atom stereocenters. The fourth-order valence-corrected chi connectivity index (χ4v) is 9.55. The molecule has 0 aliphatic rings. The number of furan rings is 1. The Balaban J connectivity index is 0.853. The molecule has 0 aliphatic heterocycles. The van der Waals surface area contributed by atoms with Gasteiger partial charge < -0.3 is 24.0 Å². The first-order valence-corrected chi connectivity index (χ1v) is 24.2. The van der Waals surface area contributed by atoms with Crippen molar-refractivity contribution in [3.05, 3.63) is 261 Å². The van der Waals surface area contributed by atoms with Crippen LogP contribution in [-0.2, 0) is 0 Å². The monoisotopic (exact) mass is 944 g/mol. The Morgan fingerprint density at radius 2 is 0.521 bits per heavy atom. The number of pyridine rings is 4. The van der Waals surface area contributed by atoms with Gasteiger partial charge in [0.15, 0.2) is 0 Å². The van der Waals surface area contributed by atoms with Gasteiger partial charge in [-0.1, -0.05) is 66.2 Å². The molecule has 73 heavy (non-hydrogen) atoms. The third kappa shape index (κ3) is 8.99. The van der Waals surface area contributed by atoms with Gasteiger partial charge in [-0.15, -0.1) is 0 Å². The molecule has 9 heteroatoms. The SMILES string of the molecule is Cc1ccc(N(c2ccncc2)c2ccc(-c3ccc(N(c4ccncc4)c4ccc5oc6ccc(N(c7ccncc7)c7ccc(-c8ccc(N(C)c9ccncc9)cc8)cc7)cc6c5c4)cc3)cc2)cc1. The molecule has 0 aliphatic carbocycles. The highest BCUT2D eigenvalue weighted by Crippen LogP contribution is 2.43. The quantitative estimate of drug-likeness (QED) is 0.112. The largest absolute Gasteiger partial charge is 0.456 e. The molecule has 350 valence electrons. The van der Waals surface area contributed by atoms with E-state index in [1.807, 2.05) is 98.1 Å². The molecular formula is C64H48N8O. The van der Waals surface area contributed by atoms with Crippen molar-refractivity contribution in [3.63, 3.8) is 0 Å². The summed E-state index contributed by atoms with van der Waals surface area (Å²) in [5, 5.41) is 2.03. The zero-order valence-electron chi connectivity index (χ0n) is 40.2. The minimum absolute atomic E-state index is 0.812. The van der Waals surface area contributed by atoms with Gasteiger partial charge in [0, 0.05) is 130 Å². The van der Waals surface area contributed by atoms with Gasteiger partial charge in [-0.25, -0.2) is 0 Å². The number of hydrogen-bond donors (Lipinski definition) is 0. The molecule has 12 aromatic rings. The number of benzene rings is 7. The van der Waals surface area contributed by atoms with Crippen molar-refractivity contribution in [2.24, 2.45) is 0 Å². The maximum absolute atomic E-state index is 6.53. The summed E-state index contributed by atoms with van der Waals surface area (Å²) in [7, 11) is 2.07. The fourth-order valence-electron chi connectivity index (χ4n) is 9.55. The molecular weight excluding hydrogens is 897 g/mol. The number of hydrogen-bond acceptors (Lipinski definition) is 9. The molecule has 0 fully saturated rings. The molecule has 0 amide bonds. The summed E-state index contributed by atoms with van der Waals surface area (Å²) in [5.41, 5.74) is 18.8. The van der Waals surface area contributed by atoms with Gasteiger partial charge in [0.2, 0.25) is 0 Å². The maximum atomic E-state index is 6.53. The molecule has 5 aromatic heterocycles. The Morgan fingerprint density at radius 1 is 0.274 bits per heavy atom. The smallest absolute Gasteiger partial charge is 0.135 e. The number of rotatable bonds is 13. The second kappa shape index (κ2) is 19.5. The van der Waals surface area contributed by atoms with Gasteiger partial charge in [-0.3, -0.25) is 19.9 Å². The van der Waals surface area contributed by atoms with Gasteiger partial charge in [-0.2, -0.15) is 0 Å². The van der Waals surface area contributed by atoms with Crippen molar-refractivity contribution in [1.29, 1.82) is 0 Å². The van der Waals surface area contributed by atoms with Crippen LogP contribution in [0.4, 0.5) is 62.6 Å². The van der Waals surface area contributed by atoms with Crippen LogP contribution in [-0.4, -0.2) is 27.0 Å². The average molecular weight is 945 g/mol. The number of aryl methyl sites for hydroxylation is 1. The number of aromatic nitrogens is 4. The molecule has 0 spiro atoms. The van der Waals surface area contributed by atoms with Crippen LogP contribution in [0.5, 0.6) is 0 Å². The van der Waals surface area contributed by atoms with Crippen molar-refractivity contribution in [1.82, 2.24) is 19.9 Å². The summed E-state index contributed by atoms with van der Waals surface area (Å²) in [6, 6.07) is 72.6. The molecule has 0 unspecified atom stereocenters. The van der Waals surface area contributed by atoms with Crippen LogP contribution < -0.4 is 19.6 Å². The van der Waals surface area contributed by atoms with E-state index in [1.165, 1.54) is 5.56 Å². The molecule has 0 N–H and O–H groups in total. The Bertz CT molecular complexity index is 3780. The van der Waals surface area contributed by atoms with Crippen LogP contribution in [0.25, 0.3) is 44.2 Å². The fraction of sp³-hybridized carbons (Fsp3) is 0.0312. The van der Waals surface area contributed by atoms with Gasteiger partial charge in [0.1, 0.15) is 11.2 Å². The van der Waals surface area contributed by atoms with Crippen molar-refractivity contribution in [3.8, 4) is 22.3 Å². The number of nitrogens with zero attached hydrogens (tertiary/aromatic N) is 8. The molecule has 0 saturated carbocycles. The summed E-state index contributed by atoms with van der Waals surface area (Å²) in [4.78, 5) is 26.1. The number of fused-ring (bicyclic) bond motifs is 3. The van der Waals surface area contributed by atoms with E-state index >= 15 is 0 Å². The Hall–Kier alpha value is -9.86. The summed E-state index contributed by atoms with van der Waals surface area (Å²) in [6.45, 7) is 2.11. The van der Waals surface area contributed by atoms with Crippen LogP contribution in [0.2, 0.25) is 0 Å². The second-order valence-electron chi connectivity index (χ2n) is 17.9. The maximum Gasteiger partial charge on any atom is 0.135 e. The van der Waals surface area contributed by atoms with E-state index in [4.69, 9.17) is 4.42 Å². The standard InChI is InChI=1S/C64H48N8O/c1-45-3-13-52(14-4-45)70(56-29-37-66-38-30-56)53-17-7-48(8-18-53)49-11-21-55(22-12-49)72(58-33-41-68-42-34-58)60-24-26-64-62(44-60)61-43-59(23-25-63(61)73-64)71(57-31-39-67-40-32-57)54-19-9-47(10-20-54)46-5-15-50(16-6-46)69(2)51-27-35-65-36-28-51/h3-44H,1-2H3. The van der Waals surface area contributed by atoms with E-state index < -0.39 is 0 Å². The molecule has 0 saturated heterocycles. The lowest BCUT2D eigenvalue weighted by Crippen LogP contribution is -2.10. The van der Waals surface area contributed by atoms with Gasteiger partial charge in [-0.05, 0) is 175 Å². The van der Waals surface area contributed by atoms with E-state index in [9.17, 15) is 0 Å². The Labute approximate surface area is 424 Å². The topological polar surface area (TPSA) is 77.7 Å². The summed E-state index contributed by atoms with van der Waals surface area (Å²) < 4.78 is 6.53. The first kappa shape index (κ1) is 44.4. The Kier molecular flexibility index (Phi) is 11.8. The third-order valence-electron chi connectivity index (χ3n) is 13.4. The normalized spacial score (nSPS) is 11.2. The molecule has 5 heterocycles. The van der Waals surface area contributed by atoms with E-state index in [-0.39, 0.29) is 0 Å². The predicted octanol–water partition coefficient (Wildman–Crippen LogP) is 17.0. The minimum atomic E-state index is 0.812.